The topological polar surface area (TPSA) is 44.5 Å². The Morgan fingerprint density at radius 2 is 1.81 bits per heavy atom. The minimum absolute atomic E-state index is 0.192. The Labute approximate surface area is 125 Å². The number of hydrogen-bond donors (Lipinski definition) is 1. The Morgan fingerprint density at radius 3 is 2.48 bits per heavy atom. The maximum Gasteiger partial charge on any atom is 0.124 e. The van der Waals surface area contributed by atoms with Gasteiger partial charge in [-0.2, -0.15) is 0 Å². The van der Waals surface area contributed by atoms with Gasteiger partial charge in [-0.1, -0.05) is 30.3 Å². The van der Waals surface area contributed by atoms with E-state index in [1.54, 1.807) is 0 Å². The second-order valence-corrected chi connectivity index (χ2v) is 5.33. The second kappa shape index (κ2) is 6.19. The van der Waals surface area contributed by atoms with Gasteiger partial charge in [0.05, 0.1) is 18.8 Å². The van der Waals surface area contributed by atoms with E-state index in [4.69, 9.17) is 15.2 Å². The summed E-state index contributed by atoms with van der Waals surface area (Å²) < 4.78 is 11.4. The van der Waals surface area contributed by atoms with Gasteiger partial charge in [-0.25, -0.2) is 0 Å². The molecule has 0 aromatic heterocycles. The minimum atomic E-state index is -0.192. The van der Waals surface area contributed by atoms with Gasteiger partial charge in [0.25, 0.3) is 0 Å². The number of para-hydroxylation sites is 1. The zero-order valence-corrected chi connectivity index (χ0v) is 12.3. The molecule has 21 heavy (non-hydrogen) atoms. The summed E-state index contributed by atoms with van der Waals surface area (Å²) >= 11 is 0. The molecule has 3 nitrogen and oxygen atoms in total. The SMILES string of the molecule is CCOc1ccccc1C(N)c1ccc(OC2CC2)cc1. The average molecular weight is 283 g/mol. The lowest BCUT2D eigenvalue weighted by atomic mass is 9.99. The quantitative estimate of drug-likeness (QED) is 0.879. The van der Waals surface area contributed by atoms with Crippen molar-refractivity contribution in [3.8, 4) is 11.5 Å². The van der Waals surface area contributed by atoms with Crippen LogP contribution >= 0.6 is 0 Å². The van der Waals surface area contributed by atoms with Crippen molar-refractivity contribution in [2.45, 2.75) is 31.9 Å². The molecule has 1 fully saturated rings. The minimum Gasteiger partial charge on any atom is -0.494 e. The smallest absolute Gasteiger partial charge is 0.124 e. The van der Waals surface area contributed by atoms with Crippen molar-refractivity contribution in [2.75, 3.05) is 6.61 Å². The van der Waals surface area contributed by atoms with Crippen molar-refractivity contribution < 1.29 is 9.47 Å². The first-order valence-corrected chi connectivity index (χ1v) is 7.52. The standard InChI is InChI=1S/C18H21NO2/c1-2-20-17-6-4-3-5-16(17)18(19)13-7-9-14(10-8-13)21-15-11-12-15/h3-10,15,18H,2,11-12,19H2,1H3. The molecule has 1 atom stereocenters. The molecule has 0 heterocycles. The Balaban J connectivity index is 1.78. The Hall–Kier alpha value is -2.00. The van der Waals surface area contributed by atoms with Gasteiger partial charge in [0, 0.05) is 5.56 Å². The molecular formula is C18H21NO2. The van der Waals surface area contributed by atoms with Crippen LogP contribution in [0.2, 0.25) is 0 Å². The van der Waals surface area contributed by atoms with Crippen molar-refractivity contribution in [1.29, 1.82) is 0 Å². The highest BCUT2D eigenvalue weighted by Crippen LogP contribution is 2.31. The highest BCUT2D eigenvalue weighted by atomic mass is 16.5. The van der Waals surface area contributed by atoms with E-state index in [2.05, 4.69) is 0 Å². The number of ether oxygens (including phenoxy) is 2. The van der Waals surface area contributed by atoms with Crippen LogP contribution in [0.4, 0.5) is 0 Å². The molecule has 1 aliphatic carbocycles. The summed E-state index contributed by atoms with van der Waals surface area (Å²) in [6, 6.07) is 15.8. The molecular weight excluding hydrogens is 262 g/mol. The van der Waals surface area contributed by atoms with Crippen molar-refractivity contribution >= 4 is 0 Å². The van der Waals surface area contributed by atoms with Crippen LogP contribution in [0.1, 0.15) is 36.9 Å². The first-order chi connectivity index (χ1) is 10.3. The van der Waals surface area contributed by atoms with Crippen molar-refractivity contribution in [3.05, 3.63) is 59.7 Å². The number of rotatable bonds is 6. The third-order valence-electron chi connectivity index (χ3n) is 3.62. The Bertz CT molecular complexity index is 590. The van der Waals surface area contributed by atoms with Crippen molar-refractivity contribution in [2.24, 2.45) is 5.73 Å². The van der Waals surface area contributed by atoms with Crippen LogP contribution in [-0.4, -0.2) is 12.7 Å². The van der Waals surface area contributed by atoms with Crippen LogP contribution in [0.3, 0.4) is 0 Å². The Kier molecular flexibility index (Phi) is 4.11. The van der Waals surface area contributed by atoms with Crippen LogP contribution in [0.5, 0.6) is 11.5 Å². The van der Waals surface area contributed by atoms with E-state index in [1.807, 2.05) is 55.5 Å². The molecule has 1 aliphatic rings. The summed E-state index contributed by atoms with van der Waals surface area (Å²) in [6.07, 6.45) is 2.76. The van der Waals surface area contributed by atoms with Gasteiger partial charge in [-0.15, -0.1) is 0 Å². The van der Waals surface area contributed by atoms with E-state index < -0.39 is 0 Å². The normalized spacial score (nSPS) is 15.5. The van der Waals surface area contributed by atoms with Gasteiger partial charge in [-0.05, 0) is 43.5 Å². The molecule has 2 aromatic rings. The third-order valence-corrected chi connectivity index (χ3v) is 3.62. The summed E-state index contributed by atoms with van der Waals surface area (Å²) in [6.45, 7) is 2.62. The maximum atomic E-state index is 6.39. The van der Waals surface area contributed by atoms with Gasteiger partial charge < -0.3 is 15.2 Å². The monoisotopic (exact) mass is 283 g/mol. The zero-order chi connectivity index (χ0) is 14.7. The fourth-order valence-corrected chi connectivity index (χ4v) is 2.34. The van der Waals surface area contributed by atoms with Gasteiger partial charge in [-0.3, -0.25) is 0 Å². The summed E-state index contributed by atoms with van der Waals surface area (Å²) in [7, 11) is 0. The van der Waals surface area contributed by atoms with Crippen molar-refractivity contribution in [1.82, 2.24) is 0 Å². The fraction of sp³-hybridized carbons (Fsp3) is 0.333. The van der Waals surface area contributed by atoms with Crippen molar-refractivity contribution in [3.63, 3.8) is 0 Å². The van der Waals surface area contributed by atoms with Gasteiger partial charge in [0.1, 0.15) is 11.5 Å². The highest BCUT2D eigenvalue weighted by Gasteiger charge is 2.23. The largest absolute Gasteiger partial charge is 0.494 e. The molecule has 2 aromatic carbocycles. The summed E-state index contributed by atoms with van der Waals surface area (Å²) in [5.74, 6) is 1.78. The molecule has 3 rings (SSSR count). The Morgan fingerprint density at radius 1 is 1.10 bits per heavy atom. The lowest BCUT2D eigenvalue weighted by Crippen LogP contribution is -2.13. The summed E-state index contributed by atoms with van der Waals surface area (Å²) in [5, 5.41) is 0. The molecule has 3 heteroatoms. The molecule has 0 amide bonds. The van der Waals surface area contributed by atoms with Gasteiger partial charge in [0.15, 0.2) is 0 Å². The van der Waals surface area contributed by atoms with Crippen LogP contribution in [0.25, 0.3) is 0 Å². The second-order valence-electron chi connectivity index (χ2n) is 5.33. The number of benzene rings is 2. The number of hydrogen-bond acceptors (Lipinski definition) is 3. The first kappa shape index (κ1) is 14.0. The van der Waals surface area contributed by atoms with Crippen LogP contribution < -0.4 is 15.2 Å². The molecule has 0 spiro atoms. The maximum absolute atomic E-state index is 6.39. The van der Waals surface area contributed by atoms with E-state index in [0.29, 0.717) is 12.7 Å². The van der Waals surface area contributed by atoms with E-state index in [9.17, 15) is 0 Å². The summed E-state index contributed by atoms with van der Waals surface area (Å²) in [5.41, 5.74) is 8.46. The molecule has 110 valence electrons. The van der Waals surface area contributed by atoms with Gasteiger partial charge in [0.2, 0.25) is 0 Å². The zero-order valence-electron chi connectivity index (χ0n) is 12.3. The molecule has 0 saturated heterocycles. The molecule has 1 saturated carbocycles. The predicted molar refractivity (Wildman–Crippen MR) is 83.7 cm³/mol. The lowest BCUT2D eigenvalue weighted by molar-refractivity contribution is 0.303. The molecule has 2 N–H and O–H groups in total. The van der Waals surface area contributed by atoms with Crippen LogP contribution in [-0.2, 0) is 0 Å². The van der Waals surface area contributed by atoms with Crippen LogP contribution in [0.15, 0.2) is 48.5 Å². The van der Waals surface area contributed by atoms with E-state index in [1.165, 1.54) is 12.8 Å². The highest BCUT2D eigenvalue weighted by molar-refractivity contribution is 5.42. The number of nitrogens with two attached hydrogens (primary N) is 1. The average Bonchev–Trinajstić information content (AvgIpc) is 3.32. The van der Waals surface area contributed by atoms with E-state index in [-0.39, 0.29) is 6.04 Å². The van der Waals surface area contributed by atoms with Gasteiger partial charge >= 0.3 is 0 Å². The molecule has 0 bridgehead atoms. The fourth-order valence-electron chi connectivity index (χ4n) is 2.34. The lowest BCUT2D eigenvalue weighted by Gasteiger charge is -2.17. The first-order valence-electron chi connectivity index (χ1n) is 7.52. The molecule has 0 radical (unpaired) electrons. The molecule has 0 aliphatic heterocycles. The molecule has 1 unspecified atom stereocenters. The van der Waals surface area contributed by atoms with E-state index >= 15 is 0 Å². The third kappa shape index (κ3) is 3.37. The van der Waals surface area contributed by atoms with E-state index in [0.717, 1.165) is 22.6 Å². The summed E-state index contributed by atoms with van der Waals surface area (Å²) in [4.78, 5) is 0. The predicted octanol–water partition coefficient (Wildman–Crippen LogP) is 3.67. The van der Waals surface area contributed by atoms with Crippen LogP contribution in [0, 0.1) is 0 Å².